The predicted octanol–water partition coefficient (Wildman–Crippen LogP) is 5.06. The van der Waals surface area contributed by atoms with Gasteiger partial charge in [-0.15, -0.1) is 0 Å². The molecule has 0 aliphatic rings. The molecule has 0 aliphatic carbocycles. The van der Waals surface area contributed by atoms with Gasteiger partial charge in [-0.05, 0) is 54.8 Å². The van der Waals surface area contributed by atoms with Crippen molar-refractivity contribution >= 4 is 32.6 Å². The van der Waals surface area contributed by atoms with Crippen LogP contribution in [-0.2, 0) is 11.3 Å². The molecule has 0 radical (unpaired) electrons. The molecule has 0 N–H and O–H groups in total. The summed E-state index contributed by atoms with van der Waals surface area (Å²) in [5, 5.41) is 0.574. The van der Waals surface area contributed by atoms with Crippen molar-refractivity contribution in [3.63, 3.8) is 0 Å². The molecule has 152 valence electrons. The molecular weight excluding hydrogens is 401 g/mol. The van der Waals surface area contributed by atoms with E-state index >= 15 is 0 Å². The van der Waals surface area contributed by atoms with Gasteiger partial charge in [0.15, 0.2) is 23.3 Å². The van der Waals surface area contributed by atoms with E-state index in [2.05, 4.69) is 4.98 Å². The third kappa shape index (κ3) is 4.16. The zero-order valence-corrected chi connectivity index (χ0v) is 17.4. The quantitative estimate of drug-likeness (QED) is 0.437. The van der Waals surface area contributed by atoms with E-state index in [0.717, 1.165) is 26.9 Å². The van der Waals surface area contributed by atoms with Gasteiger partial charge in [-0.1, -0.05) is 35.6 Å². The zero-order chi connectivity index (χ0) is 21.1. The Kier molecular flexibility index (Phi) is 5.72. The lowest BCUT2D eigenvalue weighted by Gasteiger charge is -2.20. The minimum Gasteiger partial charge on any atom is -0.481 e. The monoisotopic (exact) mass is 421 g/mol. The fourth-order valence-electron chi connectivity index (χ4n) is 3.05. The summed E-state index contributed by atoms with van der Waals surface area (Å²) < 4.78 is 20.3. The van der Waals surface area contributed by atoms with E-state index in [0.29, 0.717) is 11.7 Å². The minimum atomic E-state index is -0.504. The fraction of sp³-hybridized carbons (Fsp3) is 0.174. The number of halogens is 1. The molecule has 2 heterocycles. The maximum atomic E-state index is 13.9. The van der Waals surface area contributed by atoms with Crippen LogP contribution in [0.1, 0.15) is 16.7 Å². The van der Waals surface area contributed by atoms with Crippen LogP contribution >= 0.6 is 11.3 Å². The summed E-state index contributed by atoms with van der Waals surface area (Å²) in [5.74, 6) is -0.770. The van der Waals surface area contributed by atoms with Crippen LogP contribution in [0.25, 0.3) is 10.2 Å². The van der Waals surface area contributed by atoms with Crippen LogP contribution < -0.4 is 9.64 Å². The predicted molar refractivity (Wildman–Crippen MR) is 116 cm³/mol. The van der Waals surface area contributed by atoms with Crippen molar-refractivity contribution in [2.24, 2.45) is 0 Å². The van der Waals surface area contributed by atoms with Crippen molar-refractivity contribution in [1.29, 1.82) is 0 Å². The van der Waals surface area contributed by atoms with E-state index in [1.54, 1.807) is 29.4 Å². The Hall–Kier alpha value is -3.32. The van der Waals surface area contributed by atoms with E-state index in [9.17, 15) is 9.18 Å². The SMILES string of the molecule is Cc1ccc2sc(N(Cc3cccnc3)C(=O)COc3ccccc3F)nc2c1C. The molecule has 0 bridgehead atoms. The summed E-state index contributed by atoms with van der Waals surface area (Å²) in [7, 11) is 0. The van der Waals surface area contributed by atoms with Gasteiger partial charge in [0, 0.05) is 12.4 Å². The number of thiazole rings is 1. The van der Waals surface area contributed by atoms with Gasteiger partial charge in [-0.3, -0.25) is 14.7 Å². The molecule has 5 nitrogen and oxygen atoms in total. The molecule has 4 aromatic rings. The lowest BCUT2D eigenvalue weighted by Crippen LogP contribution is -2.34. The Morgan fingerprint density at radius 2 is 1.97 bits per heavy atom. The fourth-order valence-corrected chi connectivity index (χ4v) is 4.09. The number of aromatic nitrogens is 2. The third-order valence-electron chi connectivity index (χ3n) is 4.86. The number of aryl methyl sites for hydroxylation is 2. The Morgan fingerprint density at radius 1 is 1.13 bits per heavy atom. The number of hydrogen-bond donors (Lipinski definition) is 0. The summed E-state index contributed by atoms with van der Waals surface area (Å²) in [4.78, 5) is 23.5. The number of pyridine rings is 1. The molecule has 0 atom stereocenters. The lowest BCUT2D eigenvalue weighted by atomic mass is 10.1. The Morgan fingerprint density at radius 3 is 2.73 bits per heavy atom. The zero-order valence-electron chi connectivity index (χ0n) is 16.6. The molecule has 2 aromatic heterocycles. The average molecular weight is 421 g/mol. The second kappa shape index (κ2) is 8.59. The first-order chi connectivity index (χ1) is 14.5. The van der Waals surface area contributed by atoms with E-state index in [-0.39, 0.29) is 18.3 Å². The van der Waals surface area contributed by atoms with Crippen LogP contribution in [0.5, 0.6) is 5.75 Å². The highest BCUT2D eigenvalue weighted by atomic mass is 32.1. The molecule has 0 saturated carbocycles. The lowest BCUT2D eigenvalue weighted by molar-refractivity contribution is -0.120. The number of ether oxygens (including phenoxy) is 1. The van der Waals surface area contributed by atoms with Gasteiger partial charge in [-0.25, -0.2) is 9.37 Å². The van der Waals surface area contributed by atoms with Crippen molar-refractivity contribution in [3.05, 3.63) is 83.4 Å². The van der Waals surface area contributed by atoms with E-state index in [1.165, 1.54) is 23.5 Å². The number of carbonyl (C=O) groups is 1. The molecule has 0 spiro atoms. The molecule has 0 saturated heterocycles. The molecule has 7 heteroatoms. The highest BCUT2D eigenvalue weighted by molar-refractivity contribution is 7.22. The first-order valence-corrected chi connectivity index (χ1v) is 10.3. The van der Waals surface area contributed by atoms with Gasteiger partial charge >= 0.3 is 0 Å². The van der Waals surface area contributed by atoms with Gasteiger partial charge in [0.05, 0.1) is 16.8 Å². The van der Waals surface area contributed by atoms with Gasteiger partial charge in [0.25, 0.3) is 5.91 Å². The van der Waals surface area contributed by atoms with Crippen LogP contribution in [0, 0.1) is 19.7 Å². The van der Waals surface area contributed by atoms with Gasteiger partial charge in [0.2, 0.25) is 0 Å². The first kappa shape index (κ1) is 20.0. The van der Waals surface area contributed by atoms with Crippen molar-refractivity contribution in [2.45, 2.75) is 20.4 Å². The van der Waals surface area contributed by atoms with Gasteiger partial charge in [0.1, 0.15) is 0 Å². The summed E-state index contributed by atoms with van der Waals surface area (Å²) in [6, 6.07) is 13.8. The Bertz CT molecular complexity index is 1190. The maximum Gasteiger partial charge on any atom is 0.267 e. The second-order valence-electron chi connectivity index (χ2n) is 6.91. The van der Waals surface area contributed by atoms with Crippen LogP contribution in [0.15, 0.2) is 60.9 Å². The molecule has 1 amide bonds. The number of para-hydroxylation sites is 1. The molecule has 2 aromatic carbocycles. The van der Waals surface area contributed by atoms with Crippen molar-refractivity contribution in [2.75, 3.05) is 11.5 Å². The summed E-state index contributed by atoms with van der Waals surface area (Å²) >= 11 is 1.44. The number of amides is 1. The molecule has 0 aliphatic heterocycles. The highest BCUT2D eigenvalue weighted by Crippen LogP contribution is 2.32. The largest absolute Gasteiger partial charge is 0.481 e. The van der Waals surface area contributed by atoms with E-state index in [4.69, 9.17) is 9.72 Å². The number of benzene rings is 2. The van der Waals surface area contributed by atoms with E-state index in [1.807, 2.05) is 38.1 Å². The number of rotatable bonds is 6. The number of hydrogen-bond acceptors (Lipinski definition) is 5. The standard InChI is InChI=1S/C23H20FN3O2S/c1-15-9-10-20-22(16(15)2)26-23(30-20)27(13-17-6-5-11-25-12-17)21(28)14-29-19-8-4-3-7-18(19)24/h3-12H,13-14H2,1-2H3. The second-order valence-corrected chi connectivity index (χ2v) is 7.92. The van der Waals surface area contributed by atoms with Crippen molar-refractivity contribution < 1.29 is 13.9 Å². The molecule has 0 unspecified atom stereocenters. The van der Waals surface area contributed by atoms with E-state index < -0.39 is 5.82 Å². The smallest absolute Gasteiger partial charge is 0.267 e. The topological polar surface area (TPSA) is 55.3 Å². The van der Waals surface area contributed by atoms with Crippen LogP contribution in [0.4, 0.5) is 9.52 Å². The third-order valence-corrected chi connectivity index (χ3v) is 5.90. The molecule has 30 heavy (non-hydrogen) atoms. The molecular formula is C23H20FN3O2S. The minimum absolute atomic E-state index is 0.0444. The number of fused-ring (bicyclic) bond motifs is 1. The Labute approximate surface area is 177 Å². The summed E-state index contributed by atoms with van der Waals surface area (Å²) in [6.07, 6.45) is 3.39. The van der Waals surface area contributed by atoms with Gasteiger partial charge < -0.3 is 4.74 Å². The maximum absolute atomic E-state index is 13.9. The average Bonchev–Trinajstić information content (AvgIpc) is 3.19. The van der Waals surface area contributed by atoms with Crippen molar-refractivity contribution in [3.8, 4) is 5.75 Å². The number of anilines is 1. The van der Waals surface area contributed by atoms with Crippen LogP contribution in [0.2, 0.25) is 0 Å². The van der Waals surface area contributed by atoms with Gasteiger partial charge in [-0.2, -0.15) is 0 Å². The molecule has 0 fully saturated rings. The highest BCUT2D eigenvalue weighted by Gasteiger charge is 2.22. The number of carbonyl (C=O) groups excluding carboxylic acids is 1. The summed E-state index contributed by atoms with van der Waals surface area (Å²) in [5.41, 5.74) is 3.98. The van der Waals surface area contributed by atoms with Crippen molar-refractivity contribution in [1.82, 2.24) is 9.97 Å². The summed E-state index contributed by atoms with van der Waals surface area (Å²) in [6.45, 7) is 4.06. The van der Waals surface area contributed by atoms with Crippen LogP contribution in [0.3, 0.4) is 0 Å². The normalized spacial score (nSPS) is 10.9. The Balaban J connectivity index is 1.65. The van der Waals surface area contributed by atoms with Crippen LogP contribution in [-0.4, -0.2) is 22.5 Å². The first-order valence-electron chi connectivity index (χ1n) is 9.46. The molecule has 4 rings (SSSR count). The number of nitrogens with zero attached hydrogens (tertiary/aromatic N) is 3.